The van der Waals surface area contributed by atoms with Crippen LogP contribution in [0.1, 0.15) is 22.8 Å². The quantitative estimate of drug-likeness (QED) is 0.474. The summed E-state index contributed by atoms with van der Waals surface area (Å²) in [7, 11) is 1.54. The maximum Gasteiger partial charge on any atom is 0.335 e. The van der Waals surface area contributed by atoms with Gasteiger partial charge in [-0.2, -0.15) is 10.1 Å². The number of halogens is 1. The van der Waals surface area contributed by atoms with Gasteiger partial charge in [0.2, 0.25) is 0 Å². The van der Waals surface area contributed by atoms with Gasteiger partial charge in [-0.3, -0.25) is 4.79 Å². The highest BCUT2D eigenvalue weighted by atomic mass is 79.9. The summed E-state index contributed by atoms with van der Waals surface area (Å²) >= 11 is 3.50. The number of carbonyl (C=O) groups excluding carboxylic acids is 1. The second-order valence-electron chi connectivity index (χ2n) is 6.34. The molecule has 0 unspecified atom stereocenters. The van der Waals surface area contributed by atoms with Crippen LogP contribution in [0.5, 0.6) is 11.5 Å². The van der Waals surface area contributed by atoms with E-state index in [0.717, 1.165) is 10.0 Å². The first-order valence-electron chi connectivity index (χ1n) is 8.92. The van der Waals surface area contributed by atoms with Crippen molar-refractivity contribution in [3.63, 3.8) is 0 Å². The van der Waals surface area contributed by atoms with E-state index in [-0.39, 0.29) is 11.5 Å². The van der Waals surface area contributed by atoms with Crippen LogP contribution in [-0.2, 0) is 4.79 Å². The zero-order valence-electron chi connectivity index (χ0n) is 16.4. The van der Waals surface area contributed by atoms with Crippen molar-refractivity contribution in [2.75, 3.05) is 18.7 Å². The fourth-order valence-electron chi connectivity index (χ4n) is 2.84. The Kier molecular flexibility index (Phi) is 6.37. The molecule has 1 aliphatic rings. The van der Waals surface area contributed by atoms with Crippen LogP contribution in [0.3, 0.4) is 0 Å². The van der Waals surface area contributed by atoms with Gasteiger partial charge in [-0.1, -0.05) is 28.6 Å². The van der Waals surface area contributed by atoms with Crippen molar-refractivity contribution in [1.82, 2.24) is 0 Å². The lowest BCUT2D eigenvalue weighted by molar-refractivity contribution is -0.114. The van der Waals surface area contributed by atoms with Crippen LogP contribution in [0.25, 0.3) is 6.08 Å². The van der Waals surface area contributed by atoms with Crippen LogP contribution in [0.15, 0.2) is 64.2 Å². The number of ether oxygens (including phenoxy) is 2. The van der Waals surface area contributed by atoms with Crippen molar-refractivity contribution >= 4 is 45.3 Å². The fraction of sp³-hybridized carbons (Fsp3) is 0.136. The molecule has 30 heavy (non-hydrogen) atoms. The molecule has 2 aromatic carbocycles. The molecule has 0 bridgehead atoms. The molecule has 1 amide bonds. The summed E-state index contributed by atoms with van der Waals surface area (Å²) < 4.78 is 11.7. The minimum atomic E-state index is -1.03. The number of carbonyl (C=O) groups is 2. The number of rotatable bonds is 7. The highest BCUT2D eigenvalue weighted by molar-refractivity contribution is 9.10. The molecular formula is C22H19BrN2O5. The first-order chi connectivity index (χ1) is 14.3. The fourth-order valence-corrected chi connectivity index (χ4v) is 3.28. The van der Waals surface area contributed by atoms with E-state index in [9.17, 15) is 9.59 Å². The van der Waals surface area contributed by atoms with Crippen molar-refractivity contribution in [3.8, 4) is 11.5 Å². The Labute approximate surface area is 182 Å². The summed E-state index contributed by atoms with van der Waals surface area (Å²) in [6, 6.07) is 9.49. The minimum Gasteiger partial charge on any atom is -0.493 e. The average Bonchev–Trinajstić information content (AvgIpc) is 3.01. The topological polar surface area (TPSA) is 88.4 Å². The van der Waals surface area contributed by atoms with E-state index >= 15 is 0 Å². The largest absolute Gasteiger partial charge is 0.493 e. The van der Waals surface area contributed by atoms with E-state index in [1.54, 1.807) is 43.3 Å². The maximum absolute atomic E-state index is 13.0. The van der Waals surface area contributed by atoms with Crippen LogP contribution in [0, 0.1) is 0 Å². The van der Waals surface area contributed by atoms with E-state index in [1.165, 1.54) is 24.3 Å². The number of nitrogens with zero attached hydrogens (tertiary/aromatic N) is 2. The third-order valence-corrected chi connectivity index (χ3v) is 5.05. The molecular weight excluding hydrogens is 452 g/mol. The number of anilines is 1. The minimum absolute atomic E-state index is 0.136. The van der Waals surface area contributed by atoms with Gasteiger partial charge in [-0.25, -0.2) is 4.79 Å². The lowest BCUT2D eigenvalue weighted by atomic mass is 10.1. The van der Waals surface area contributed by atoms with Gasteiger partial charge in [0.1, 0.15) is 6.61 Å². The first-order valence-corrected chi connectivity index (χ1v) is 9.71. The van der Waals surface area contributed by atoms with E-state index < -0.39 is 5.97 Å². The summed E-state index contributed by atoms with van der Waals surface area (Å²) in [5.41, 5.74) is 2.30. The number of hydrogen-bond donors (Lipinski definition) is 1. The predicted molar refractivity (Wildman–Crippen MR) is 118 cm³/mol. The molecule has 7 nitrogen and oxygen atoms in total. The van der Waals surface area contributed by atoms with Gasteiger partial charge < -0.3 is 14.6 Å². The van der Waals surface area contributed by atoms with Crippen molar-refractivity contribution in [2.24, 2.45) is 5.10 Å². The maximum atomic E-state index is 13.0. The summed E-state index contributed by atoms with van der Waals surface area (Å²) in [6.45, 7) is 5.70. The number of hydrazone groups is 1. The van der Waals surface area contributed by atoms with Gasteiger partial charge in [0.05, 0.1) is 29.6 Å². The highest BCUT2D eigenvalue weighted by Crippen LogP contribution is 2.35. The number of carboxylic acids is 1. The first kappa shape index (κ1) is 21.3. The summed E-state index contributed by atoms with van der Waals surface area (Å²) in [5, 5.41) is 14.6. The lowest BCUT2D eigenvalue weighted by Gasteiger charge is -2.13. The number of amides is 1. The monoisotopic (exact) mass is 470 g/mol. The molecule has 2 aromatic rings. The van der Waals surface area contributed by atoms with Gasteiger partial charge >= 0.3 is 5.97 Å². The molecule has 1 heterocycles. The number of methoxy groups -OCH3 is 1. The Hall–Kier alpha value is -3.39. The van der Waals surface area contributed by atoms with Crippen LogP contribution < -0.4 is 14.5 Å². The van der Waals surface area contributed by atoms with Crippen LogP contribution >= 0.6 is 15.9 Å². The van der Waals surface area contributed by atoms with Crippen molar-refractivity contribution < 1.29 is 24.2 Å². The molecule has 8 heteroatoms. The van der Waals surface area contributed by atoms with E-state index in [0.29, 0.717) is 35.1 Å². The second kappa shape index (κ2) is 8.96. The molecule has 1 aliphatic heterocycles. The van der Waals surface area contributed by atoms with Crippen molar-refractivity contribution in [1.29, 1.82) is 0 Å². The number of hydrogen-bond acceptors (Lipinski definition) is 5. The number of carboxylic acid groups (broad SMARTS) is 1. The Morgan fingerprint density at radius 2 is 1.97 bits per heavy atom. The SMILES string of the molecule is C=CCOc1cc(Br)c(/C=C2/C(=O)N(c3ccc(C(=O)O)cc3)N=C2C)cc1OC. The summed E-state index contributed by atoms with van der Waals surface area (Å²) in [5.74, 6) is -0.273. The third-order valence-electron chi connectivity index (χ3n) is 4.36. The standard InChI is InChI=1S/C22H19BrN2O5/c1-4-9-30-20-12-18(23)15(11-19(20)29-3)10-17-13(2)24-25(21(17)26)16-7-5-14(6-8-16)22(27)28/h4-8,10-12H,1,9H2,2-3H3,(H,27,28)/b17-10+. The van der Waals surface area contributed by atoms with Gasteiger partial charge in [0.15, 0.2) is 11.5 Å². The zero-order chi connectivity index (χ0) is 21.8. The Morgan fingerprint density at radius 3 is 2.57 bits per heavy atom. The molecule has 154 valence electrons. The predicted octanol–water partition coefficient (Wildman–Crippen LogP) is 4.53. The van der Waals surface area contributed by atoms with Gasteiger partial charge in [-0.15, -0.1) is 0 Å². The molecule has 0 saturated heterocycles. The van der Waals surface area contributed by atoms with Gasteiger partial charge in [0, 0.05) is 4.47 Å². The second-order valence-corrected chi connectivity index (χ2v) is 7.19. The van der Waals surface area contributed by atoms with Crippen molar-refractivity contribution in [2.45, 2.75) is 6.92 Å². The molecule has 0 saturated carbocycles. The van der Waals surface area contributed by atoms with Gasteiger partial charge in [-0.05, 0) is 55.0 Å². The molecule has 0 fully saturated rings. The van der Waals surface area contributed by atoms with Crippen LogP contribution in [0.2, 0.25) is 0 Å². The normalized spacial score (nSPS) is 14.6. The van der Waals surface area contributed by atoms with E-state index in [1.807, 2.05) is 0 Å². The van der Waals surface area contributed by atoms with Crippen LogP contribution in [-0.4, -0.2) is 36.4 Å². The molecule has 3 rings (SSSR count). The lowest BCUT2D eigenvalue weighted by Crippen LogP contribution is -2.21. The summed E-state index contributed by atoms with van der Waals surface area (Å²) in [6.07, 6.45) is 3.36. The molecule has 0 radical (unpaired) electrons. The molecule has 0 aromatic heterocycles. The summed E-state index contributed by atoms with van der Waals surface area (Å²) in [4.78, 5) is 24.0. The molecule has 0 spiro atoms. The Morgan fingerprint density at radius 1 is 1.27 bits per heavy atom. The molecule has 0 atom stereocenters. The van der Waals surface area contributed by atoms with Crippen molar-refractivity contribution in [3.05, 3.63) is 70.2 Å². The Bertz CT molecular complexity index is 1070. The smallest absolute Gasteiger partial charge is 0.335 e. The highest BCUT2D eigenvalue weighted by Gasteiger charge is 2.29. The van der Waals surface area contributed by atoms with Gasteiger partial charge in [0.25, 0.3) is 5.91 Å². The number of aromatic carboxylic acids is 1. The number of benzene rings is 2. The molecule has 1 N–H and O–H groups in total. The average molecular weight is 471 g/mol. The third kappa shape index (κ3) is 4.28. The van der Waals surface area contributed by atoms with E-state index in [2.05, 4.69) is 27.6 Å². The zero-order valence-corrected chi connectivity index (χ0v) is 18.0. The van der Waals surface area contributed by atoms with E-state index in [4.69, 9.17) is 14.6 Å². The van der Waals surface area contributed by atoms with Crippen LogP contribution in [0.4, 0.5) is 5.69 Å². The Balaban J connectivity index is 1.93. The molecule has 0 aliphatic carbocycles.